The van der Waals surface area contributed by atoms with E-state index in [2.05, 4.69) is 315 Å². The molecule has 86 heavy (non-hydrogen) atoms. The van der Waals surface area contributed by atoms with Crippen LogP contribution in [-0.4, -0.2) is 6.71 Å². The first-order valence-corrected chi connectivity index (χ1v) is 31.1. The molecule has 424 valence electrons. The molecular weight excluding hydrogens is 1040 g/mol. The average Bonchev–Trinajstić information content (AvgIpc) is 0.815. The van der Waals surface area contributed by atoms with Crippen molar-refractivity contribution in [1.29, 1.82) is 0 Å². The van der Waals surface area contributed by atoms with Crippen LogP contribution < -0.4 is 31.1 Å². The summed E-state index contributed by atoms with van der Waals surface area (Å²) < 4.78 is 6.67. The third kappa shape index (κ3) is 9.30. The van der Waals surface area contributed by atoms with Gasteiger partial charge in [-0.05, 0) is 175 Å². The molecule has 0 saturated heterocycles. The molecule has 5 heteroatoms. The molecule has 14 rings (SSSR count). The Morgan fingerprint density at radius 1 is 0.477 bits per heavy atom. The average molecular weight is 1120 g/mol. The monoisotopic (exact) mass is 1120 g/mol. The zero-order valence-electron chi connectivity index (χ0n) is 51.8. The summed E-state index contributed by atoms with van der Waals surface area (Å²) in [4.78, 5) is 7.76. The van der Waals surface area contributed by atoms with Crippen LogP contribution in [-0.2, 0) is 22.7 Å². The van der Waals surface area contributed by atoms with Crippen molar-refractivity contribution < 1.29 is 4.42 Å². The van der Waals surface area contributed by atoms with Gasteiger partial charge in [-0.15, -0.1) is 0 Å². The standard InChI is InChI=1S/C81H76BN3O/c1-12-13-22-53-31-46-68-71(49-53)85(61-43-37-58(38-44-61)80(6,7)8)77-52(2)67(81(9,10)11)51-73-76(77)82(68)69-47-45-62(50-72(69)84(73)60-39-32-55(33-40-60)64-28-21-29-66-65-27-19-20-30-74(65)86-78(64)66)83(59-41-35-57(36-42-59)79(3,4)5)70-48-34-54-23-17-18-26-63(54)75(70)56-24-15-14-16-25-56/h14-21,23-51H,12-13,22H2,1-11H3. The van der Waals surface area contributed by atoms with E-state index in [1.807, 2.05) is 0 Å². The lowest BCUT2D eigenvalue weighted by atomic mass is 9.33. The Labute approximate surface area is 509 Å². The molecule has 12 aromatic rings. The van der Waals surface area contributed by atoms with Crippen molar-refractivity contribution in [2.24, 2.45) is 0 Å². The molecule has 0 bridgehead atoms. The van der Waals surface area contributed by atoms with Crippen LogP contribution >= 0.6 is 0 Å². The highest BCUT2D eigenvalue weighted by atomic mass is 16.3. The SMILES string of the molecule is CCCCc1ccc2c(c1)N(c1ccc(C(C)(C)C)cc1)c1c(C)c(C(C)(C)C)cc3c1B2c1ccc(N(c2ccc(C(C)(C)C)cc2)c2ccc4ccccc4c2-c2ccccc2)cc1N3c1ccc(-c2cccc3c2oc2ccccc23)cc1. The van der Waals surface area contributed by atoms with Crippen LogP contribution in [0.25, 0.3) is 55.0 Å². The number of benzene rings is 11. The Balaban J connectivity index is 1.06. The number of anilines is 9. The molecule has 0 atom stereocenters. The fourth-order valence-electron chi connectivity index (χ4n) is 14.0. The van der Waals surface area contributed by atoms with E-state index in [1.54, 1.807) is 0 Å². The van der Waals surface area contributed by atoms with E-state index in [0.29, 0.717) is 0 Å². The zero-order chi connectivity index (χ0) is 59.4. The summed E-state index contributed by atoms with van der Waals surface area (Å²) in [5.41, 5.74) is 27.2. The predicted octanol–water partition coefficient (Wildman–Crippen LogP) is 21.2. The first kappa shape index (κ1) is 54.9. The third-order valence-electron chi connectivity index (χ3n) is 18.5. The van der Waals surface area contributed by atoms with Crippen molar-refractivity contribution in [3.05, 3.63) is 252 Å². The Kier molecular flexibility index (Phi) is 13.3. The second-order valence-corrected chi connectivity index (χ2v) is 27.2. The maximum absolute atomic E-state index is 6.67. The number of rotatable bonds is 10. The summed E-state index contributed by atoms with van der Waals surface area (Å²) >= 11 is 0. The van der Waals surface area contributed by atoms with Gasteiger partial charge in [-0.1, -0.05) is 227 Å². The minimum Gasteiger partial charge on any atom is -0.455 e. The molecule has 0 unspecified atom stereocenters. The van der Waals surface area contributed by atoms with Crippen molar-refractivity contribution >= 4 is 107 Å². The number of fused-ring (bicyclic) bond motifs is 8. The summed E-state index contributed by atoms with van der Waals surface area (Å²) in [5.74, 6) is 0. The Hall–Kier alpha value is -9.06. The molecule has 4 nitrogen and oxygen atoms in total. The number of unbranched alkanes of at least 4 members (excludes halogenated alkanes) is 1. The molecule has 0 amide bonds. The summed E-state index contributed by atoms with van der Waals surface area (Å²) in [5, 5.41) is 4.68. The van der Waals surface area contributed by atoms with E-state index in [0.717, 1.165) is 80.8 Å². The summed E-state index contributed by atoms with van der Waals surface area (Å²) in [6, 6.07) is 84.9. The van der Waals surface area contributed by atoms with Gasteiger partial charge in [-0.3, -0.25) is 0 Å². The van der Waals surface area contributed by atoms with Gasteiger partial charge in [0.2, 0.25) is 0 Å². The fourth-order valence-corrected chi connectivity index (χ4v) is 14.0. The van der Waals surface area contributed by atoms with Gasteiger partial charge in [-0.25, -0.2) is 0 Å². The molecule has 11 aromatic carbocycles. The molecule has 3 heterocycles. The smallest absolute Gasteiger partial charge is 0.252 e. The number of nitrogens with zero attached hydrogens (tertiary/aromatic N) is 3. The lowest BCUT2D eigenvalue weighted by Gasteiger charge is -2.46. The van der Waals surface area contributed by atoms with Crippen LogP contribution in [0.3, 0.4) is 0 Å². The van der Waals surface area contributed by atoms with Crippen molar-refractivity contribution in [2.45, 2.75) is 112 Å². The van der Waals surface area contributed by atoms with Gasteiger partial charge < -0.3 is 19.1 Å². The lowest BCUT2D eigenvalue weighted by molar-refractivity contribution is 0.586. The molecule has 2 aliphatic heterocycles. The van der Waals surface area contributed by atoms with Gasteiger partial charge in [0.25, 0.3) is 6.71 Å². The summed E-state index contributed by atoms with van der Waals surface area (Å²) in [6.45, 7) is 25.6. The van der Waals surface area contributed by atoms with Gasteiger partial charge in [-0.2, -0.15) is 0 Å². The van der Waals surface area contributed by atoms with Crippen molar-refractivity contribution in [2.75, 3.05) is 14.7 Å². The Bertz CT molecular complexity index is 4570. The van der Waals surface area contributed by atoms with E-state index in [9.17, 15) is 0 Å². The number of furan rings is 1. The molecule has 0 fully saturated rings. The quantitative estimate of drug-likeness (QED) is 0.127. The third-order valence-corrected chi connectivity index (χ3v) is 18.5. The summed E-state index contributed by atoms with van der Waals surface area (Å²) in [6.07, 6.45) is 3.32. The normalized spacial score (nSPS) is 13.1. The molecule has 2 aliphatic rings. The van der Waals surface area contributed by atoms with Gasteiger partial charge in [0.05, 0.1) is 5.69 Å². The van der Waals surface area contributed by atoms with Crippen LogP contribution in [0.1, 0.15) is 110 Å². The second-order valence-electron chi connectivity index (χ2n) is 27.2. The minimum atomic E-state index is -0.195. The summed E-state index contributed by atoms with van der Waals surface area (Å²) in [7, 11) is 0. The van der Waals surface area contributed by atoms with Gasteiger partial charge >= 0.3 is 0 Å². The second kappa shape index (κ2) is 20.9. The number of para-hydroxylation sites is 2. The Morgan fingerprint density at radius 3 is 1.78 bits per heavy atom. The number of hydrogen-bond acceptors (Lipinski definition) is 4. The molecule has 1 aromatic heterocycles. The first-order valence-electron chi connectivity index (χ1n) is 31.1. The highest BCUT2D eigenvalue weighted by Crippen LogP contribution is 2.51. The number of hydrogen-bond donors (Lipinski definition) is 0. The maximum Gasteiger partial charge on any atom is 0.252 e. The van der Waals surface area contributed by atoms with E-state index >= 15 is 0 Å². The van der Waals surface area contributed by atoms with E-state index in [-0.39, 0.29) is 23.0 Å². The maximum atomic E-state index is 6.67. The predicted molar refractivity (Wildman–Crippen MR) is 370 cm³/mol. The minimum absolute atomic E-state index is 0.0120. The molecule has 0 radical (unpaired) electrons. The van der Waals surface area contributed by atoms with Crippen LogP contribution in [0, 0.1) is 6.92 Å². The molecule has 0 spiro atoms. The van der Waals surface area contributed by atoms with Crippen molar-refractivity contribution in [3.8, 4) is 22.3 Å². The topological polar surface area (TPSA) is 22.9 Å². The lowest BCUT2D eigenvalue weighted by Crippen LogP contribution is -2.61. The zero-order valence-corrected chi connectivity index (χ0v) is 51.8. The molecule has 0 aliphatic carbocycles. The van der Waals surface area contributed by atoms with Crippen LogP contribution in [0.5, 0.6) is 0 Å². The highest BCUT2D eigenvalue weighted by Gasteiger charge is 2.46. The van der Waals surface area contributed by atoms with Crippen LogP contribution in [0.15, 0.2) is 229 Å². The molecule has 0 saturated carbocycles. The van der Waals surface area contributed by atoms with Gasteiger partial charge in [0.1, 0.15) is 11.2 Å². The van der Waals surface area contributed by atoms with E-state index < -0.39 is 0 Å². The fraction of sp³-hybridized carbons (Fsp3) is 0.210. The van der Waals surface area contributed by atoms with Crippen LogP contribution in [0.4, 0.5) is 51.2 Å². The van der Waals surface area contributed by atoms with E-state index in [1.165, 1.54) is 88.9 Å². The highest BCUT2D eigenvalue weighted by molar-refractivity contribution is 7.00. The van der Waals surface area contributed by atoms with E-state index in [4.69, 9.17) is 4.42 Å². The number of aryl methyl sites for hydroxylation is 1. The van der Waals surface area contributed by atoms with Gasteiger partial charge in [0.15, 0.2) is 0 Å². The van der Waals surface area contributed by atoms with Crippen molar-refractivity contribution in [3.63, 3.8) is 0 Å². The Morgan fingerprint density at radius 2 is 1.08 bits per heavy atom. The van der Waals surface area contributed by atoms with Crippen molar-refractivity contribution in [1.82, 2.24) is 0 Å². The molecule has 0 N–H and O–H groups in total. The molecular formula is C81H76BN3O. The van der Waals surface area contributed by atoms with Gasteiger partial charge in [0, 0.05) is 67.4 Å². The first-order chi connectivity index (χ1) is 41.4. The van der Waals surface area contributed by atoms with Crippen LogP contribution in [0.2, 0.25) is 0 Å². The largest absolute Gasteiger partial charge is 0.455 e.